The lowest BCUT2D eigenvalue weighted by Crippen LogP contribution is -2.07. The molecule has 0 aliphatic heterocycles. The molecule has 0 unspecified atom stereocenters. The molecular formula is C13H22N2O3. The lowest BCUT2D eigenvalue weighted by atomic mass is 10.2. The van der Waals surface area contributed by atoms with Gasteiger partial charge in [-0.25, -0.2) is 0 Å². The van der Waals surface area contributed by atoms with Gasteiger partial charge in [-0.15, -0.1) is 0 Å². The molecule has 0 spiro atoms. The van der Waals surface area contributed by atoms with Gasteiger partial charge in [-0.05, 0) is 19.4 Å². The molecule has 0 saturated heterocycles. The Labute approximate surface area is 108 Å². The Kier molecular flexibility index (Phi) is 6.14. The van der Waals surface area contributed by atoms with Crippen LogP contribution in [0.15, 0.2) is 12.1 Å². The third-order valence-corrected chi connectivity index (χ3v) is 2.65. The number of benzene rings is 1. The van der Waals surface area contributed by atoms with E-state index in [0.717, 1.165) is 30.8 Å². The number of ether oxygens (including phenoxy) is 3. The maximum atomic E-state index is 5.46. The molecule has 5 heteroatoms. The van der Waals surface area contributed by atoms with Crippen molar-refractivity contribution in [3.05, 3.63) is 12.1 Å². The first-order valence-corrected chi connectivity index (χ1v) is 6.00. The standard InChI is InChI=1S/C13H22N2O3/c1-16-11-9-13(18-3)12(17-2)8-10(11)15-7-5-4-6-14/h8-9,15H,4-7,14H2,1-3H3. The summed E-state index contributed by atoms with van der Waals surface area (Å²) in [6.45, 7) is 1.56. The molecule has 0 radical (unpaired) electrons. The minimum absolute atomic E-state index is 0.654. The van der Waals surface area contributed by atoms with Crippen molar-refractivity contribution in [2.45, 2.75) is 12.8 Å². The number of hydrogen-bond acceptors (Lipinski definition) is 5. The first kappa shape index (κ1) is 14.4. The number of methoxy groups -OCH3 is 3. The topological polar surface area (TPSA) is 65.7 Å². The summed E-state index contributed by atoms with van der Waals surface area (Å²) in [6.07, 6.45) is 2.02. The van der Waals surface area contributed by atoms with Gasteiger partial charge in [0.05, 0.1) is 27.0 Å². The molecule has 102 valence electrons. The molecule has 1 aromatic rings. The quantitative estimate of drug-likeness (QED) is 0.693. The summed E-state index contributed by atoms with van der Waals surface area (Å²) in [5.41, 5.74) is 6.35. The van der Waals surface area contributed by atoms with Gasteiger partial charge in [-0.3, -0.25) is 0 Å². The Bertz CT molecular complexity index is 369. The first-order chi connectivity index (χ1) is 8.76. The highest BCUT2D eigenvalue weighted by molar-refractivity contribution is 5.64. The molecule has 3 N–H and O–H groups in total. The van der Waals surface area contributed by atoms with E-state index < -0.39 is 0 Å². The second-order valence-corrected chi connectivity index (χ2v) is 3.83. The fourth-order valence-corrected chi connectivity index (χ4v) is 1.66. The predicted octanol–water partition coefficient (Wildman–Crippen LogP) is 1.86. The number of nitrogens with one attached hydrogen (secondary N) is 1. The van der Waals surface area contributed by atoms with Crippen LogP contribution in [-0.4, -0.2) is 34.4 Å². The van der Waals surface area contributed by atoms with Crippen LogP contribution in [0.2, 0.25) is 0 Å². The zero-order chi connectivity index (χ0) is 13.4. The van der Waals surface area contributed by atoms with Crippen molar-refractivity contribution in [1.29, 1.82) is 0 Å². The van der Waals surface area contributed by atoms with Crippen LogP contribution < -0.4 is 25.3 Å². The zero-order valence-electron chi connectivity index (χ0n) is 11.3. The van der Waals surface area contributed by atoms with E-state index >= 15 is 0 Å². The largest absolute Gasteiger partial charge is 0.494 e. The van der Waals surface area contributed by atoms with E-state index in [2.05, 4.69) is 5.32 Å². The molecule has 0 saturated carbocycles. The number of nitrogens with two attached hydrogens (primary N) is 1. The van der Waals surface area contributed by atoms with Gasteiger partial charge < -0.3 is 25.3 Å². The van der Waals surface area contributed by atoms with Crippen LogP contribution >= 0.6 is 0 Å². The monoisotopic (exact) mass is 254 g/mol. The normalized spacial score (nSPS) is 10.0. The molecule has 0 aliphatic rings. The lowest BCUT2D eigenvalue weighted by Gasteiger charge is -2.15. The number of anilines is 1. The minimum Gasteiger partial charge on any atom is -0.494 e. The summed E-state index contributed by atoms with van der Waals surface area (Å²) in [4.78, 5) is 0. The molecule has 0 fully saturated rings. The van der Waals surface area contributed by atoms with E-state index in [-0.39, 0.29) is 0 Å². The summed E-state index contributed by atoms with van der Waals surface area (Å²) < 4.78 is 15.8. The van der Waals surface area contributed by atoms with Crippen LogP contribution in [0.25, 0.3) is 0 Å². The van der Waals surface area contributed by atoms with Gasteiger partial charge in [-0.1, -0.05) is 0 Å². The summed E-state index contributed by atoms with van der Waals surface area (Å²) in [5, 5.41) is 3.31. The van der Waals surface area contributed by atoms with E-state index in [4.69, 9.17) is 19.9 Å². The Hall–Kier alpha value is -1.62. The Morgan fingerprint density at radius 1 is 0.944 bits per heavy atom. The molecule has 5 nitrogen and oxygen atoms in total. The number of unbranched alkanes of at least 4 members (excludes halogenated alkanes) is 1. The van der Waals surface area contributed by atoms with Crippen molar-refractivity contribution in [1.82, 2.24) is 0 Å². The van der Waals surface area contributed by atoms with Crippen molar-refractivity contribution in [3.63, 3.8) is 0 Å². The Balaban J connectivity index is 2.81. The third-order valence-electron chi connectivity index (χ3n) is 2.65. The average molecular weight is 254 g/mol. The van der Waals surface area contributed by atoms with Gasteiger partial charge in [-0.2, -0.15) is 0 Å². The molecule has 0 amide bonds. The van der Waals surface area contributed by atoms with E-state index in [0.29, 0.717) is 18.0 Å². The number of hydrogen-bond donors (Lipinski definition) is 2. The fourth-order valence-electron chi connectivity index (χ4n) is 1.66. The molecule has 1 rings (SSSR count). The Morgan fingerprint density at radius 3 is 2.11 bits per heavy atom. The van der Waals surface area contributed by atoms with Crippen LogP contribution in [0.3, 0.4) is 0 Å². The highest BCUT2D eigenvalue weighted by atomic mass is 16.5. The van der Waals surface area contributed by atoms with Crippen molar-refractivity contribution in [2.24, 2.45) is 5.73 Å². The maximum Gasteiger partial charge on any atom is 0.164 e. The molecule has 0 aromatic heterocycles. The predicted molar refractivity (Wildman–Crippen MR) is 72.9 cm³/mol. The molecular weight excluding hydrogens is 232 g/mol. The van der Waals surface area contributed by atoms with E-state index in [1.165, 1.54) is 0 Å². The summed E-state index contributed by atoms with van der Waals surface area (Å²) >= 11 is 0. The molecule has 18 heavy (non-hydrogen) atoms. The lowest BCUT2D eigenvalue weighted by molar-refractivity contribution is 0.349. The minimum atomic E-state index is 0.654. The van der Waals surface area contributed by atoms with Gasteiger partial charge in [0.2, 0.25) is 0 Å². The van der Waals surface area contributed by atoms with Crippen LogP contribution in [0.4, 0.5) is 5.69 Å². The van der Waals surface area contributed by atoms with Crippen LogP contribution in [0.5, 0.6) is 17.2 Å². The highest BCUT2D eigenvalue weighted by Gasteiger charge is 2.11. The summed E-state index contributed by atoms with van der Waals surface area (Å²) in [5.74, 6) is 2.07. The smallest absolute Gasteiger partial charge is 0.164 e. The molecule has 0 aliphatic carbocycles. The summed E-state index contributed by atoms with van der Waals surface area (Å²) in [6, 6.07) is 3.68. The van der Waals surface area contributed by atoms with Crippen LogP contribution in [0, 0.1) is 0 Å². The second-order valence-electron chi connectivity index (χ2n) is 3.83. The van der Waals surface area contributed by atoms with Crippen molar-refractivity contribution >= 4 is 5.69 Å². The third kappa shape index (κ3) is 3.70. The second kappa shape index (κ2) is 7.66. The van der Waals surface area contributed by atoms with Crippen molar-refractivity contribution in [3.8, 4) is 17.2 Å². The SMILES string of the molecule is COc1cc(OC)c(OC)cc1NCCCCN. The zero-order valence-corrected chi connectivity index (χ0v) is 11.3. The van der Waals surface area contributed by atoms with Crippen LogP contribution in [0.1, 0.15) is 12.8 Å². The van der Waals surface area contributed by atoms with Gasteiger partial charge in [0.1, 0.15) is 5.75 Å². The number of rotatable bonds is 8. The van der Waals surface area contributed by atoms with Gasteiger partial charge in [0.25, 0.3) is 0 Å². The van der Waals surface area contributed by atoms with Gasteiger partial charge >= 0.3 is 0 Å². The van der Waals surface area contributed by atoms with Crippen molar-refractivity contribution in [2.75, 3.05) is 39.7 Å². The first-order valence-electron chi connectivity index (χ1n) is 6.00. The molecule has 0 heterocycles. The van der Waals surface area contributed by atoms with Gasteiger partial charge in [0.15, 0.2) is 11.5 Å². The van der Waals surface area contributed by atoms with Gasteiger partial charge in [0, 0.05) is 18.7 Å². The van der Waals surface area contributed by atoms with E-state index in [9.17, 15) is 0 Å². The molecule has 0 bridgehead atoms. The van der Waals surface area contributed by atoms with Crippen LogP contribution in [-0.2, 0) is 0 Å². The highest BCUT2D eigenvalue weighted by Crippen LogP contribution is 2.37. The molecule has 0 atom stereocenters. The van der Waals surface area contributed by atoms with E-state index in [1.807, 2.05) is 12.1 Å². The average Bonchev–Trinajstić information content (AvgIpc) is 2.42. The Morgan fingerprint density at radius 2 is 1.56 bits per heavy atom. The fraction of sp³-hybridized carbons (Fsp3) is 0.538. The summed E-state index contributed by atoms with van der Waals surface area (Å²) in [7, 11) is 4.85. The van der Waals surface area contributed by atoms with E-state index in [1.54, 1.807) is 21.3 Å². The molecule has 1 aromatic carbocycles. The van der Waals surface area contributed by atoms with Crippen molar-refractivity contribution < 1.29 is 14.2 Å². The maximum absolute atomic E-state index is 5.46.